The maximum atomic E-state index is 12.3. The van der Waals surface area contributed by atoms with E-state index in [2.05, 4.69) is 72.7 Å². The topological polar surface area (TPSA) is 81.4 Å². The molecule has 0 unspecified atom stereocenters. The van der Waals surface area contributed by atoms with Crippen LogP contribution in [-0.4, -0.2) is 39.2 Å². The maximum Gasteiger partial charge on any atom is 0.250 e. The van der Waals surface area contributed by atoms with Crippen LogP contribution in [0, 0.1) is 0 Å². The lowest BCUT2D eigenvalue weighted by atomic mass is 9.87. The first-order chi connectivity index (χ1) is 16.3. The molecule has 0 aliphatic rings. The third-order valence-corrected chi connectivity index (χ3v) is 6.10. The van der Waals surface area contributed by atoms with E-state index in [9.17, 15) is 4.79 Å². The summed E-state index contributed by atoms with van der Waals surface area (Å²) in [6.45, 7) is 12.1. The first-order valence-corrected chi connectivity index (χ1v) is 12.5. The fourth-order valence-corrected chi connectivity index (χ4v) is 4.02. The number of amides is 1. The SMILES string of the molecule is CCCOc1ccc(C=NNC(=O)CSc2nnc(-c3ccc(C(C)(C)C)cc3)n2CC)cc1. The molecule has 3 rings (SSSR count). The molecule has 0 atom stereocenters. The second-order valence-corrected chi connectivity index (χ2v) is 9.82. The standard InChI is InChI=1S/C26H33N5O2S/c1-6-16-33-22-14-8-19(9-15-22)17-27-28-23(32)18-34-25-30-29-24(31(25)7-2)20-10-12-21(13-11-20)26(3,4)5/h8-15,17H,6-7,16,18H2,1-5H3,(H,28,32). The van der Waals surface area contributed by atoms with E-state index in [1.165, 1.54) is 17.3 Å². The molecule has 0 aliphatic carbocycles. The van der Waals surface area contributed by atoms with E-state index in [-0.39, 0.29) is 17.1 Å². The lowest BCUT2D eigenvalue weighted by Crippen LogP contribution is -2.20. The Labute approximate surface area is 206 Å². The Morgan fingerprint density at radius 1 is 1.09 bits per heavy atom. The molecule has 0 radical (unpaired) electrons. The van der Waals surface area contributed by atoms with Crippen LogP contribution in [-0.2, 0) is 16.8 Å². The van der Waals surface area contributed by atoms with Crippen molar-refractivity contribution in [1.82, 2.24) is 20.2 Å². The molecule has 1 aromatic heterocycles. The number of hydrogen-bond acceptors (Lipinski definition) is 6. The fraction of sp³-hybridized carbons (Fsp3) is 0.385. The fourth-order valence-electron chi connectivity index (χ4n) is 3.22. The van der Waals surface area contributed by atoms with Gasteiger partial charge >= 0.3 is 0 Å². The number of rotatable bonds is 10. The van der Waals surface area contributed by atoms with Gasteiger partial charge in [0.05, 0.1) is 18.6 Å². The Morgan fingerprint density at radius 2 is 1.79 bits per heavy atom. The van der Waals surface area contributed by atoms with Gasteiger partial charge in [-0.05, 0) is 54.2 Å². The first kappa shape index (κ1) is 25.5. The molecule has 2 aromatic carbocycles. The summed E-state index contributed by atoms with van der Waals surface area (Å²) in [5.41, 5.74) is 5.82. The van der Waals surface area contributed by atoms with Crippen LogP contribution in [0.25, 0.3) is 11.4 Å². The molecule has 0 saturated carbocycles. The van der Waals surface area contributed by atoms with E-state index < -0.39 is 0 Å². The van der Waals surface area contributed by atoms with Crippen molar-refractivity contribution < 1.29 is 9.53 Å². The van der Waals surface area contributed by atoms with Crippen molar-refractivity contribution in [3.63, 3.8) is 0 Å². The van der Waals surface area contributed by atoms with Gasteiger partial charge in [-0.15, -0.1) is 10.2 Å². The minimum absolute atomic E-state index is 0.0975. The number of benzene rings is 2. The number of hydrogen-bond donors (Lipinski definition) is 1. The highest BCUT2D eigenvalue weighted by atomic mass is 32.2. The average molecular weight is 480 g/mol. The van der Waals surface area contributed by atoms with Gasteiger partial charge in [-0.3, -0.25) is 4.79 Å². The van der Waals surface area contributed by atoms with E-state index in [1.54, 1.807) is 6.21 Å². The Morgan fingerprint density at radius 3 is 2.41 bits per heavy atom. The number of nitrogens with zero attached hydrogens (tertiary/aromatic N) is 4. The minimum atomic E-state index is -0.203. The molecule has 1 heterocycles. The second-order valence-electron chi connectivity index (χ2n) is 8.88. The third kappa shape index (κ3) is 6.93. The number of nitrogens with one attached hydrogen (secondary N) is 1. The first-order valence-electron chi connectivity index (χ1n) is 11.5. The molecule has 3 aromatic rings. The molecule has 34 heavy (non-hydrogen) atoms. The van der Waals surface area contributed by atoms with Crippen LogP contribution >= 0.6 is 11.8 Å². The molecule has 0 spiro atoms. The maximum absolute atomic E-state index is 12.3. The smallest absolute Gasteiger partial charge is 0.250 e. The van der Waals surface area contributed by atoms with Crippen molar-refractivity contribution in [1.29, 1.82) is 0 Å². The predicted molar refractivity (Wildman–Crippen MR) is 139 cm³/mol. The Balaban J connectivity index is 1.55. The van der Waals surface area contributed by atoms with Crippen molar-refractivity contribution in [3.05, 3.63) is 59.7 Å². The lowest BCUT2D eigenvalue weighted by molar-refractivity contribution is -0.118. The molecule has 0 saturated heterocycles. The zero-order valence-corrected chi connectivity index (χ0v) is 21.4. The van der Waals surface area contributed by atoms with Crippen LogP contribution in [0.2, 0.25) is 0 Å². The van der Waals surface area contributed by atoms with Gasteiger partial charge in [0.15, 0.2) is 11.0 Å². The minimum Gasteiger partial charge on any atom is -0.494 e. The molecule has 7 nitrogen and oxygen atoms in total. The molecule has 0 fully saturated rings. The summed E-state index contributed by atoms with van der Waals surface area (Å²) in [5, 5.41) is 13.4. The van der Waals surface area contributed by atoms with E-state index in [0.717, 1.165) is 29.1 Å². The van der Waals surface area contributed by atoms with E-state index in [1.807, 2.05) is 35.8 Å². The van der Waals surface area contributed by atoms with Gasteiger partial charge in [0.2, 0.25) is 0 Å². The number of hydrazone groups is 1. The number of ether oxygens (including phenoxy) is 1. The highest BCUT2D eigenvalue weighted by Crippen LogP contribution is 2.27. The molecule has 1 amide bonds. The summed E-state index contributed by atoms with van der Waals surface area (Å²) in [5.74, 6) is 1.62. The van der Waals surface area contributed by atoms with Crippen molar-refractivity contribution in [2.45, 2.75) is 58.2 Å². The Hall–Kier alpha value is -3.13. The number of aromatic nitrogens is 3. The summed E-state index contributed by atoms with van der Waals surface area (Å²) in [7, 11) is 0. The summed E-state index contributed by atoms with van der Waals surface area (Å²) >= 11 is 1.35. The van der Waals surface area contributed by atoms with Gasteiger partial charge in [-0.25, -0.2) is 5.43 Å². The average Bonchev–Trinajstić information content (AvgIpc) is 3.24. The van der Waals surface area contributed by atoms with Gasteiger partial charge in [0, 0.05) is 12.1 Å². The van der Waals surface area contributed by atoms with Crippen LogP contribution in [0.5, 0.6) is 5.75 Å². The Bertz CT molecular complexity index is 1100. The van der Waals surface area contributed by atoms with Gasteiger partial charge in [-0.2, -0.15) is 5.10 Å². The van der Waals surface area contributed by atoms with Crippen LogP contribution in [0.1, 0.15) is 52.2 Å². The lowest BCUT2D eigenvalue weighted by Gasteiger charge is -2.19. The normalized spacial score (nSPS) is 11.7. The molecule has 0 bridgehead atoms. The monoisotopic (exact) mass is 479 g/mol. The van der Waals surface area contributed by atoms with Crippen LogP contribution in [0.15, 0.2) is 58.8 Å². The predicted octanol–water partition coefficient (Wildman–Crippen LogP) is 5.29. The number of carbonyl (C=O) groups excluding carboxylic acids is 1. The van der Waals surface area contributed by atoms with Crippen LogP contribution in [0.3, 0.4) is 0 Å². The van der Waals surface area contributed by atoms with Gasteiger partial charge in [-0.1, -0.05) is 63.7 Å². The molecule has 0 aliphatic heterocycles. The highest BCUT2D eigenvalue weighted by molar-refractivity contribution is 7.99. The number of carbonyl (C=O) groups is 1. The second kappa shape index (κ2) is 11.8. The van der Waals surface area contributed by atoms with Crippen molar-refractivity contribution in [2.24, 2.45) is 5.10 Å². The van der Waals surface area contributed by atoms with E-state index >= 15 is 0 Å². The third-order valence-electron chi connectivity index (χ3n) is 5.13. The zero-order valence-electron chi connectivity index (χ0n) is 20.5. The molecular formula is C26H33N5O2S. The van der Waals surface area contributed by atoms with E-state index in [0.29, 0.717) is 18.3 Å². The zero-order chi connectivity index (χ0) is 24.6. The van der Waals surface area contributed by atoms with Crippen molar-refractivity contribution in [3.8, 4) is 17.1 Å². The van der Waals surface area contributed by atoms with Gasteiger partial charge < -0.3 is 9.30 Å². The van der Waals surface area contributed by atoms with Crippen molar-refractivity contribution >= 4 is 23.9 Å². The summed E-state index contributed by atoms with van der Waals surface area (Å²) in [4.78, 5) is 12.3. The Kier molecular flexibility index (Phi) is 8.87. The molecular weight excluding hydrogens is 446 g/mol. The summed E-state index contributed by atoms with van der Waals surface area (Å²) < 4.78 is 7.59. The van der Waals surface area contributed by atoms with Crippen LogP contribution in [0.4, 0.5) is 0 Å². The summed E-state index contributed by atoms with van der Waals surface area (Å²) in [6.07, 6.45) is 2.58. The number of thioether (sulfide) groups is 1. The largest absolute Gasteiger partial charge is 0.494 e. The van der Waals surface area contributed by atoms with Gasteiger partial charge in [0.25, 0.3) is 5.91 Å². The van der Waals surface area contributed by atoms with Gasteiger partial charge in [0.1, 0.15) is 5.75 Å². The van der Waals surface area contributed by atoms with E-state index in [4.69, 9.17) is 4.74 Å². The molecule has 8 heteroatoms. The molecule has 1 N–H and O–H groups in total. The molecule has 180 valence electrons. The van der Waals surface area contributed by atoms with Crippen LogP contribution < -0.4 is 10.2 Å². The summed E-state index contributed by atoms with van der Waals surface area (Å²) in [6, 6.07) is 16.0. The highest BCUT2D eigenvalue weighted by Gasteiger charge is 2.17. The quantitative estimate of drug-likeness (QED) is 0.243. The van der Waals surface area contributed by atoms with Crippen molar-refractivity contribution in [2.75, 3.05) is 12.4 Å².